The van der Waals surface area contributed by atoms with E-state index in [-0.39, 0.29) is 0 Å². The van der Waals surface area contributed by atoms with Crippen LogP contribution in [0.1, 0.15) is 12.6 Å². The summed E-state index contributed by atoms with van der Waals surface area (Å²) in [5.41, 5.74) is 2.84. The molecule has 0 radical (unpaired) electrons. The lowest BCUT2D eigenvalue weighted by Crippen LogP contribution is -1.95. The van der Waals surface area contributed by atoms with Gasteiger partial charge in [-0.3, -0.25) is 4.68 Å². The molecule has 18 heavy (non-hydrogen) atoms. The number of aryl methyl sites for hydroxylation is 2. The number of nitrogens with zero attached hydrogens (tertiary/aromatic N) is 3. The van der Waals surface area contributed by atoms with Crippen LogP contribution >= 0.6 is 0 Å². The summed E-state index contributed by atoms with van der Waals surface area (Å²) in [5.74, 6) is 0.795. The third-order valence-corrected chi connectivity index (χ3v) is 2.87. The van der Waals surface area contributed by atoms with Crippen molar-refractivity contribution < 1.29 is 4.42 Å². The zero-order chi connectivity index (χ0) is 12.5. The molecule has 0 aromatic carbocycles. The van der Waals surface area contributed by atoms with E-state index in [4.69, 9.17) is 4.42 Å². The topological polar surface area (TPSA) is 55.9 Å². The second-order valence-corrected chi connectivity index (χ2v) is 4.13. The van der Waals surface area contributed by atoms with Gasteiger partial charge in [0.2, 0.25) is 0 Å². The Balaban J connectivity index is 2.03. The first-order valence-corrected chi connectivity index (χ1v) is 5.89. The van der Waals surface area contributed by atoms with Gasteiger partial charge in [0.15, 0.2) is 0 Å². The summed E-state index contributed by atoms with van der Waals surface area (Å²) in [7, 11) is 1.91. The molecule has 0 aliphatic rings. The number of nitrogens with one attached hydrogen (secondary N) is 1. The summed E-state index contributed by atoms with van der Waals surface area (Å²) in [6, 6.07) is 3.76. The van der Waals surface area contributed by atoms with Gasteiger partial charge in [-0.05, 0) is 18.6 Å². The Morgan fingerprint density at radius 3 is 3.11 bits per heavy atom. The first-order chi connectivity index (χ1) is 8.78. The molecule has 0 fully saturated rings. The molecule has 0 bridgehead atoms. The van der Waals surface area contributed by atoms with Crippen molar-refractivity contribution in [1.82, 2.24) is 14.8 Å². The zero-order valence-corrected chi connectivity index (χ0v) is 10.3. The second-order valence-electron chi connectivity index (χ2n) is 4.13. The van der Waals surface area contributed by atoms with E-state index in [9.17, 15) is 0 Å². The van der Waals surface area contributed by atoms with Crippen LogP contribution in [-0.4, -0.2) is 14.8 Å². The van der Waals surface area contributed by atoms with Crippen LogP contribution in [-0.2, 0) is 13.5 Å². The number of aromatic nitrogens is 3. The molecule has 5 nitrogen and oxygen atoms in total. The molecule has 0 unspecified atom stereocenters. The lowest BCUT2D eigenvalue weighted by atomic mass is 10.2. The maximum atomic E-state index is 5.36. The van der Waals surface area contributed by atoms with Gasteiger partial charge < -0.3 is 9.73 Å². The first-order valence-electron chi connectivity index (χ1n) is 5.89. The van der Waals surface area contributed by atoms with Gasteiger partial charge in [0.1, 0.15) is 11.4 Å². The molecule has 0 atom stereocenters. The van der Waals surface area contributed by atoms with Crippen molar-refractivity contribution in [2.24, 2.45) is 7.05 Å². The molecule has 3 rings (SSSR count). The highest BCUT2D eigenvalue weighted by atomic mass is 16.3. The van der Waals surface area contributed by atoms with E-state index >= 15 is 0 Å². The van der Waals surface area contributed by atoms with Crippen molar-refractivity contribution in [2.45, 2.75) is 13.3 Å². The van der Waals surface area contributed by atoms with Gasteiger partial charge in [0, 0.05) is 19.4 Å². The Labute approximate surface area is 104 Å². The average Bonchev–Trinajstić information content (AvgIpc) is 2.96. The van der Waals surface area contributed by atoms with Crippen LogP contribution in [0.15, 0.2) is 35.2 Å². The van der Waals surface area contributed by atoms with Crippen LogP contribution < -0.4 is 5.32 Å². The van der Waals surface area contributed by atoms with Gasteiger partial charge in [0.25, 0.3) is 0 Å². The highest BCUT2D eigenvalue weighted by molar-refractivity contribution is 5.89. The quantitative estimate of drug-likeness (QED) is 0.767. The largest absolute Gasteiger partial charge is 0.464 e. The monoisotopic (exact) mass is 242 g/mol. The number of anilines is 2. The predicted octanol–water partition coefficient (Wildman–Crippen LogP) is 2.87. The molecule has 1 N–H and O–H groups in total. The number of fused-ring (bicyclic) bond motifs is 1. The van der Waals surface area contributed by atoms with Crippen LogP contribution in [0.5, 0.6) is 0 Å². The van der Waals surface area contributed by atoms with E-state index in [1.165, 1.54) is 0 Å². The fraction of sp³-hybridized carbons (Fsp3) is 0.231. The normalized spacial score (nSPS) is 11.0. The molecular weight excluding hydrogens is 228 g/mol. The maximum absolute atomic E-state index is 5.36. The zero-order valence-electron chi connectivity index (χ0n) is 10.3. The van der Waals surface area contributed by atoms with Crippen LogP contribution in [0.4, 0.5) is 11.5 Å². The minimum Gasteiger partial charge on any atom is -0.464 e. The number of pyridine rings is 1. The fourth-order valence-electron chi connectivity index (χ4n) is 2.02. The van der Waals surface area contributed by atoms with E-state index in [1.54, 1.807) is 17.1 Å². The molecule has 0 saturated heterocycles. The van der Waals surface area contributed by atoms with E-state index in [0.717, 1.165) is 34.6 Å². The molecule has 0 aliphatic heterocycles. The lowest BCUT2D eigenvalue weighted by molar-refractivity contribution is 0.615. The van der Waals surface area contributed by atoms with Gasteiger partial charge in [0.05, 0.1) is 23.0 Å². The van der Waals surface area contributed by atoms with E-state index in [0.29, 0.717) is 0 Å². The van der Waals surface area contributed by atoms with Crippen LogP contribution in [0.25, 0.3) is 11.0 Å². The van der Waals surface area contributed by atoms with Gasteiger partial charge in [-0.1, -0.05) is 6.92 Å². The summed E-state index contributed by atoms with van der Waals surface area (Å²) in [4.78, 5) is 4.35. The summed E-state index contributed by atoms with van der Waals surface area (Å²) >= 11 is 0. The van der Waals surface area contributed by atoms with Crippen LogP contribution in [0.2, 0.25) is 0 Å². The number of hydrogen-bond acceptors (Lipinski definition) is 4. The Kier molecular flexibility index (Phi) is 2.51. The summed E-state index contributed by atoms with van der Waals surface area (Å²) < 4.78 is 7.16. The summed E-state index contributed by atoms with van der Waals surface area (Å²) in [6.07, 6.45) is 6.24. The molecule has 5 heteroatoms. The van der Waals surface area contributed by atoms with Crippen molar-refractivity contribution >= 4 is 22.5 Å². The standard InChI is InChI=1S/C13H14N4O/c1-3-10-11(8-17(2)16-10)15-13-9-5-7-18-12(9)4-6-14-13/h4-8H,3H2,1-2H3,(H,14,15). The van der Waals surface area contributed by atoms with Crippen molar-refractivity contribution in [1.29, 1.82) is 0 Å². The Hall–Kier alpha value is -2.30. The molecule has 3 heterocycles. The average molecular weight is 242 g/mol. The Morgan fingerprint density at radius 1 is 1.39 bits per heavy atom. The molecule has 0 amide bonds. The summed E-state index contributed by atoms with van der Waals surface area (Å²) in [5, 5.41) is 8.69. The molecule has 3 aromatic rings. The molecule has 3 aromatic heterocycles. The number of rotatable bonds is 3. The third-order valence-electron chi connectivity index (χ3n) is 2.87. The third kappa shape index (κ3) is 1.73. The molecular formula is C13H14N4O. The minimum absolute atomic E-state index is 0.795. The van der Waals surface area contributed by atoms with E-state index in [1.807, 2.05) is 25.4 Å². The smallest absolute Gasteiger partial charge is 0.141 e. The lowest BCUT2D eigenvalue weighted by Gasteiger charge is -2.05. The second kappa shape index (κ2) is 4.18. The number of furan rings is 1. The molecule has 0 saturated carbocycles. The molecule has 92 valence electrons. The molecule has 0 spiro atoms. The minimum atomic E-state index is 0.795. The Bertz CT molecular complexity index is 683. The highest BCUT2D eigenvalue weighted by Crippen LogP contribution is 2.26. The van der Waals surface area contributed by atoms with Gasteiger partial charge in [-0.15, -0.1) is 0 Å². The van der Waals surface area contributed by atoms with Gasteiger partial charge in [-0.25, -0.2) is 4.98 Å². The summed E-state index contributed by atoms with van der Waals surface area (Å²) in [6.45, 7) is 2.08. The SMILES string of the molecule is CCc1nn(C)cc1Nc1nccc2occc12. The van der Waals surface area contributed by atoms with E-state index < -0.39 is 0 Å². The van der Waals surface area contributed by atoms with Gasteiger partial charge >= 0.3 is 0 Å². The van der Waals surface area contributed by atoms with E-state index in [2.05, 4.69) is 22.3 Å². The fourth-order valence-corrected chi connectivity index (χ4v) is 2.02. The van der Waals surface area contributed by atoms with Gasteiger partial charge in [-0.2, -0.15) is 5.10 Å². The van der Waals surface area contributed by atoms with Crippen molar-refractivity contribution in [2.75, 3.05) is 5.32 Å². The highest BCUT2D eigenvalue weighted by Gasteiger charge is 2.09. The molecule has 0 aliphatic carbocycles. The predicted molar refractivity (Wildman–Crippen MR) is 69.9 cm³/mol. The Morgan fingerprint density at radius 2 is 2.28 bits per heavy atom. The van der Waals surface area contributed by atoms with Crippen LogP contribution in [0.3, 0.4) is 0 Å². The van der Waals surface area contributed by atoms with Crippen molar-refractivity contribution in [3.05, 3.63) is 36.5 Å². The van der Waals surface area contributed by atoms with Crippen molar-refractivity contribution in [3.8, 4) is 0 Å². The number of hydrogen-bond donors (Lipinski definition) is 1. The first kappa shape index (κ1) is 10.8. The maximum Gasteiger partial charge on any atom is 0.141 e. The van der Waals surface area contributed by atoms with Crippen LogP contribution in [0, 0.1) is 0 Å². The van der Waals surface area contributed by atoms with Crippen molar-refractivity contribution in [3.63, 3.8) is 0 Å².